The molecule has 2 atom stereocenters. The third kappa shape index (κ3) is 2.96. The zero-order valence-corrected chi connectivity index (χ0v) is 13.8. The van der Waals surface area contributed by atoms with Crippen LogP contribution in [0.2, 0.25) is 0 Å². The summed E-state index contributed by atoms with van der Waals surface area (Å²) in [5, 5.41) is 18.6. The Bertz CT molecular complexity index is 594. The number of aliphatic carboxylic acids is 1. The molecule has 1 aromatic rings. The van der Waals surface area contributed by atoms with Gasteiger partial charge in [0.25, 0.3) is 0 Å². The van der Waals surface area contributed by atoms with E-state index in [4.69, 9.17) is 4.74 Å². The van der Waals surface area contributed by atoms with E-state index in [0.29, 0.717) is 15.8 Å². The molecule has 1 aliphatic rings. The molecular formula is C13H14BrNO5S. The molecule has 0 unspecified atom stereocenters. The van der Waals surface area contributed by atoms with E-state index < -0.39 is 17.4 Å². The molecule has 21 heavy (non-hydrogen) atoms. The van der Waals surface area contributed by atoms with Crippen LogP contribution in [-0.4, -0.2) is 45.9 Å². The zero-order valence-electron chi connectivity index (χ0n) is 11.4. The Labute approximate surface area is 134 Å². The summed E-state index contributed by atoms with van der Waals surface area (Å²) in [4.78, 5) is 24.4. The first-order chi connectivity index (χ1) is 9.86. The molecular weight excluding hydrogens is 362 g/mol. The molecule has 0 aliphatic carbocycles. The Morgan fingerprint density at radius 3 is 2.67 bits per heavy atom. The van der Waals surface area contributed by atoms with Crippen molar-refractivity contribution >= 4 is 39.6 Å². The highest BCUT2D eigenvalue weighted by Crippen LogP contribution is 2.45. The Morgan fingerprint density at radius 2 is 2.14 bits per heavy atom. The molecule has 1 fully saturated rings. The van der Waals surface area contributed by atoms with Crippen molar-refractivity contribution in [3.8, 4) is 11.5 Å². The summed E-state index contributed by atoms with van der Waals surface area (Å²) in [5.74, 6) is -0.776. The van der Waals surface area contributed by atoms with Gasteiger partial charge >= 0.3 is 5.97 Å². The topological polar surface area (TPSA) is 87.1 Å². The third-order valence-corrected chi connectivity index (χ3v) is 5.13. The largest absolute Gasteiger partial charge is 0.503 e. The molecule has 8 heteroatoms. The lowest BCUT2D eigenvalue weighted by atomic mass is 10.1. The van der Waals surface area contributed by atoms with Crippen LogP contribution in [0.5, 0.6) is 11.5 Å². The van der Waals surface area contributed by atoms with Gasteiger partial charge in [-0.1, -0.05) is 0 Å². The Balaban J connectivity index is 2.44. The van der Waals surface area contributed by atoms with E-state index in [9.17, 15) is 19.8 Å². The maximum absolute atomic E-state index is 11.8. The van der Waals surface area contributed by atoms with Crippen LogP contribution in [0.4, 0.5) is 0 Å². The van der Waals surface area contributed by atoms with E-state index in [2.05, 4.69) is 15.9 Å². The number of hydrogen-bond acceptors (Lipinski definition) is 5. The molecule has 1 heterocycles. The minimum absolute atomic E-state index is 0.0339. The first-order valence-corrected chi connectivity index (χ1v) is 7.90. The quantitative estimate of drug-likeness (QED) is 0.841. The van der Waals surface area contributed by atoms with Gasteiger partial charge in [-0.2, -0.15) is 0 Å². The number of hydrogen-bond donors (Lipinski definition) is 2. The summed E-state index contributed by atoms with van der Waals surface area (Å²) in [6, 6.07) is 2.42. The first kappa shape index (κ1) is 16.0. The number of halogens is 1. The monoisotopic (exact) mass is 375 g/mol. The number of methoxy groups -OCH3 is 1. The fourth-order valence-corrected chi connectivity index (χ4v) is 4.14. The molecule has 2 rings (SSSR count). The number of rotatable bonds is 3. The van der Waals surface area contributed by atoms with Crippen molar-refractivity contribution in [1.29, 1.82) is 0 Å². The Kier molecular flexibility index (Phi) is 4.67. The van der Waals surface area contributed by atoms with Crippen molar-refractivity contribution in [1.82, 2.24) is 4.90 Å². The minimum atomic E-state index is -1.02. The van der Waals surface area contributed by atoms with E-state index in [1.165, 1.54) is 30.7 Å². The molecule has 6 nitrogen and oxygen atoms in total. The average Bonchev–Trinajstić information content (AvgIpc) is 2.86. The van der Waals surface area contributed by atoms with Crippen LogP contribution in [0.3, 0.4) is 0 Å². The number of carboxylic acid groups (broad SMARTS) is 1. The van der Waals surface area contributed by atoms with Crippen LogP contribution >= 0.6 is 27.7 Å². The molecule has 0 saturated carbocycles. The molecule has 1 aromatic carbocycles. The predicted molar refractivity (Wildman–Crippen MR) is 81.5 cm³/mol. The van der Waals surface area contributed by atoms with Crippen LogP contribution in [0.15, 0.2) is 16.6 Å². The number of carboxylic acids is 1. The summed E-state index contributed by atoms with van der Waals surface area (Å²) in [6.45, 7) is 1.35. The molecule has 0 bridgehead atoms. The molecule has 1 amide bonds. The van der Waals surface area contributed by atoms with E-state index in [-0.39, 0.29) is 17.4 Å². The van der Waals surface area contributed by atoms with E-state index >= 15 is 0 Å². The average molecular weight is 376 g/mol. The fourth-order valence-electron chi connectivity index (χ4n) is 2.23. The van der Waals surface area contributed by atoms with Gasteiger partial charge in [-0.05, 0) is 33.6 Å². The molecule has 1 saturated heterocycles. The minimum Gasteiger partial charge on any atom is -0.503 e. The second-order valence-electron chi connectivity index (χ2n) is 4.52. The number of benzene rings is 1. The normalized spacial score (nSPS) is 21.4. The van der Waals surface area contributed by atoms with Crippen molar-refractivity contribution in [2.75, 3.05) is 12.9 Å². The second kappa shape index (κ2) is 6.15. The summed E-state index contributed by atoms with van der Waals surface area (Å²) >= 11 is 4.60. The highest BCUT2D eigenvalue weighted by Gasteiger charge is 2.41. The number of phenols is 1. The maximum atomic E-state index is 11.8. The first-order valence-electron chi connectivity index (χ1n) is 6.06. The predicted octanol–water partition coefficient (Wildman–Crippen LogP) is 2.21. The molecule has 0 spiro atoms. The fraction of sp³-hybridized carbons (Fsp3) is 0.385. The van der Waals surface area contributed by atoms with E-state index in [1.54, 1.807) is 12.1 Å². The molecule has 114 valence electrons. The Morgan fingerprint density at radius 1 is 1.48 bits per heavy atom. The number of thioether (sulfide) groups is 1. The highest BCUT2D eigenvalue weighted by molar-refractivity contribution is 9.10. The summed E-state index contributed by atoms with van der Waals surface area (Å²) in [5.41, 5.74) is 0.695. The number of nitrogens with zero attached hydrogens (tertiary/aromatic N) is 1. The van der Waals surface area contributed by atoms with Crippen LogP contribution in [0, 0.1) is 0 Å². The molecule has 0 radical (unpaired) electrons. The number of aromatic hydroxyl groups is 1. The van der Waals surface area contributed by atoms with Gasteiger partial charge in [0.2, 0.25) is 5.91 Å². The van der Waals surface area contributed by atoms with Gasteiger partial charge in [0.05, 0.1) is 11.6 Å². The highest BCUT2D eigenvalue weighted by atomic mass is 79.9. The Hall–Kier alpha value is -1.41. The summed E-state index contributed by atoms with van der Waals surface area (Å²) < 4.78 is 5.52. The molecule has 1 aliphatic heterocycles. The molecule has 2 N–H and O–H groups in total. The van der Waals surface area contributed by atoms with Crippen molar-refractivity contribution in [2.45, 2.75) is 18.3 Å². The van der Waals surface area contributed by atoms with Crippen molar-refractivity contribution in [2.24, 2.45) is 0 Å². The standard InChI is InChI=1S/C13H14BrNO5S/c1-6(16)15-9(13(18)19)5-21-12(15)7-3-8(14)11(17)10(4-7)20-2/h3-4,9,12,17H,5H2,1-2H3,(H,18,19)/t9-,12+/m1/s1. The molecule has 0 aromatic heterocycles. The van der Waals surface area contributed by atoms with Crippen LogP contribution in [0.1, 0.15) is 17.9 Å². The van der Waals surface area contributed by atoms with Crippen molar-refractivity contribution in [3.05, 3.63) is 22.2 Å². The van der Waals surface area contributed by atoms with Crippen LogP contribution in [-0.2, 0) is 9.59 Å². The summed E-state index contributed by atoms with van der Waals surface area (Å²) in [7, 11) is 1.43. The van der Waals surface area contributed by atoms with Crippen LogP contribution < -0.4 is 4.74 Å². The lowest BCUT2D eigenvalue weighted by molar-refractivity contribution is -0.148. The van der Waals surface area contributed by atoms with Gasteiger partial charge < -0.3 is 19.8 Å². The number of carbonyl (C=O) groups excluding carboxylic acids is 1. The lowest BCUT2D eigenvalue weighted by Gasteiger charge is -2.26. The van der Waals surface area contributed by atoms with Gasteiger partial charge in [-0.25, -0.2) is 4.79 Å². The van der Waals surface area contributed by atoms with E-state index in [0.717, 1.165) is 0 Å². The van der Waals surface area contributed by atoms with Gasteiger partial charge in [0.15, 0.2) is 11.5 Å². The summed E-state index contributed by atoms with van der Waals surface area (Å²) in [6.07, 6.45) is 0. The van der Waals surface area contributed by atoms with Crippen molar-refractivity contribution < 1.29 is 24.5 Å². The number of phenolic OH excluding ortho intramolecular Hbond substituents is 1. The van der Waals surface area contributed by atoms with Crippen LogP contribution in [0.25, 0.3) is 0 Å². The SMILES string of the molecule is COc1cc([C@@H]2SC[C@H](C(=O)O)N2C(C)=O)cc(Br)c1O. The number of amides is 1. The van der Waals surface area contributed by atoms with E-state index in [1.807, 2.05) is 0 Å². The third-order valence-electron chi connectivity index (χ3n) is 3.20. The van der Waals surface area contributed by atoms with Gasteiger partial charge in [-0.3, -0.25) is 4.79 Å². The number of ether oxygens (including phenoxy) is 1. The zero-order chi connectivity index (χ0) is 15.7. The van der Waals surface area contributed by atoms with Gasteiger partial charge in [0, 0.05) is 12.7 Å². The van der Waals surface area contributed by atoms with Gasteiger partial charge in [-0.15, -0.1) is 11.8 Å². The maximum Gasteiger partial charge on any atom is 0.327 e. The second-order valence-corrected chi connectivity index (χ2v) is 6.49. The lowest BCUT2D eigenvalue weighted by Crippen LogP contribution is -2.41. The van der Waals surface area contributed by atoms with Crippen molar-refractivity contribution in [3.63, 3.8) is 0 Å². The smallest absolute Gasteiger partial charge is 0.327 e. The van der Waals surface area contributed by atoms with Gasteiger partial charge in [0.1, 0.15) is 11.4 Å². The number of carbonyl (C=O) groups is 2.